The molecule has 1 rings (SSSR count). The highest BCUT2D eigenvalue weighted by atomic mass is 16.5. The van der Waals surface area contributed by atoms with E-state index in [2.05, 4.69) is 6.92 Å². The van der Waals surface area contributed by atoms with Crippen LogP contribution in [0.2, 0.25) is 0 Å². The summed E-state index contributed by atoms with van der Waals surface area (Å²) in [6, 6.07) is 0. The van der Waals surface area contributed by atoms with Gasteiger partial charge in [-0.2, -0.15) is 0 Å². The Morgan fingerprint density at radius 1 is 1.67 bits per heavy atom. The summed E-state index contributed by atoms with van der Waals surface area (Å²) in [6.07, 6.45) is 5.90. The Kier molecular flexibility index (Phi) is 4.33. The van der Waals surface area contributed by atoms with E-state index in [4.69, 9.17) is 4.74 Å². The van der Waals surface area contributed by atoms with E-state index in [0.717, 1.165) is 32.3 Å². The first-order valence-corrected chi connectivity index (χ1v) is 4.78. The van der Waals surface area contributed by atoms with Gasteiger partial charge in [-0.3, -0.25) is 0 Å². The normalized spacial score (nSPS) is 23.8. The third-order valence-corrected chi connectivity index (χ3v) is 2.06. The summed E-state index contributed by atoms with van der Waals surface area (Å²) in [6.45, 7) is 3.64. The monoisotopic (exact) mass is 170 g/mol. The summed E-state index contributed by atoms with van der Waals surface area (Å²) in [4.78, 5) is 0. The predicted octanol–water partition coefficient (Wildman–Crippen LogP) is 1.88. The van der Waals surface area contributed by atoms with E-state index in [0.29, 0.717) is 6.61 Å². The molecule has 0 spiro atoms. The molecule has 0 heterocycles. The van der Waals surface area contributed by atoms with Crippen molar-refractivity contribution in [3.05, 3.63) is 11.6 Å². The molecule has 2 nitrogen and oxygen atoms in total. The number of ether oxygens (including phenoxy) is 1. The SMILES string of the molecule is CCCOCC1=CC(O)CCC1. The number of aliphatic hydroxyl groups is 1. The summed E-state index contributed by atoms with van der Waals surface area (Å²) in [5.74, 6) is 0. The Bertz CT molecular complexity index is 152. The van der Waals surface area contributed by atoms with Crippen molar-refractivity contribution >= 4 is 0 Å². The lowest BCUT2D eigenvalue weighted by molar-refractivity contribution is 0.146. The molecule has 0 aromatic carbocycles. The number of hydrogen-bond acceptors (Lipinski definition) is 2. The molecule has 12 heavy (non-hydrogen) atoms. The van der Waals surface area contributed by atoms with Crippen molar-refractivity contribution in [2.45, 2.75) is 38.7 Å². The van der Waals surface area contributed by atoms with Gasteiger partial charge >= 0.3 is 0 Å². The van der Waals surface area contributed by atoms with Crippen molar-refractivity contribution in [3.63, 3.8) is 0 Å². The first-order valence-electron chi connectivity index (χ1n) is 4.78. The topological polar surface area (TPSA) is 29.5 Å². The van der Waals surface area contributed by atoms with Gasteiger partial charge in [0.2, 0.25) is 0 Å². The largest absolute Gasteiger partial charge is 0.389 e. The fraction of sp³-hybridized carbons (Fsp3) is 0.800. The lowest BCUT2D eigenvalue weighted by atomic mass is 9.98. The molecular weight excluding hydrogens is 152 g/mol. The van der Waals surface area contributed by atoms with Crippen LogP contribution in [0.4, 0.5) is 0 Å². The van der Waals surface area contributed by atoms with E-state index in [1.807, 2.05) is 6.08 Å². The van der Waals surface area contributed by atoms with Gasteiger partial charge in [-0.25, -0.2) is 0 Å². The molecule has 1 unspecified atom stereocenters. The maximum atomic E-state index is 9.30. The Balaban J connectivity index is 2.21. The molecule has 0 amide bonds. The molecule has 1 aliphatic carbocycles. The van der Waals surface area contributed by atoms with Gasteiger partial charge in [0.15, 0.2) is 0 Å². The average molecular weight is 170 g/mol. The molecule has 0 saturated carbocycles. The van der Waals surface area contributed by atoms with E-state index in [-0.39, 0.29) is 6.10 Å². The first kappa shape index (κ1) is 9.75. The number of aliphatic hydroxyl groups excluding tert-OH is 1. The van der Waals surface area contributed by atoms with Gasteiger partial charge in [-0.05, 0) is 31.3 Å². The smallest absolute Gasteiger partial charge is 0.0724 e. The fourth-order valence-corrected chi connectivity index (χ4v) is 1.44. The highest BCUT2D eigenvalue weighted by molar-refractivity contribution is 5.08. The Morgan fingerprint density at radius 3 is 3.17 bits per heavy atom. The van der Waals surface area contributed by atoms with E-state index >= 15 is 0 Å². The summed E-state index contributed by atoms with van der Waals surface area (Å²) in [7, 11) is 0. The quantitative estimate of drug-likeness (QED) is 0.515. The molecule has 0 aliphatic heterocycles. The highest BCUT2D eigenvalue weighted by Crippen LogP contribution is 2.17. The lowest BCUT2D eigenvalue weighted by Gasteiger charge is -2.16. The third kappa shape index (κ3) is 3.37. The summed E-state index contributed by atoms with van der Waals surface area (Å²) < 4.78 is 5.39. The van der Waals surface area contributed by atoms with E-state index < -0.39 is 0 Å². The van der Waals surface area contributed by atoms with Crippen LogP contribution in [0.15, 0.2) is 11.6 Å². The zero-order valence-corrected chi connectivity index (χ0v) is 7.75. The molecule has 1 atom stereocenters. The van der Waals surface area contributed by atoms with Crippen LogP contribution in [0.3, 0.4) is 0 Å². The van der Waals surface area contributed by atoms with Crippen LogP contribution < -0.4 is 0 Å². The molecule has 0 fully saturated rings. The molecule has 0 bridgehead atoms. The molecule has 0 saturated heterocycles. The zero-order chi connectivity index (χ0) is 8.81. The van der Waals surface area contributed by atoms with Crippen LogP contribution in [0, 0.1) is 0 Å². The second-order valence-electron chi connectivity index (χ2n) is 3.34. The maximum absolute atomic E-state index is 9.30. The van der Waals surface area contributed by atoms with Crippen molar-refractivity contribution in [1.29, 1.82) is 0 Å². The minimum Gasteiger partial charge on any atom is -0.389 e. The zero-order valence-electron chi connectivity index (χ0n) is 7.75. The summed E-state index contributed by atoms with van der Waals surface area (Å²) in [5, 5.41) is 9.30. The Labute approximate surface area is 74.2 Å². The molecule has 0 aromatic rings. The van der Waals surface area contributed by atoms with Crippen molar-refractivity contribution in [2.75, 3.05) is 13.2 Å². The van der Waals surface area contributed by atoms with Crippen LogP contribution in [-0.2, 0) is 4.74 Å². The van der Waals surface area contributed by atoms with Crippen molar-refractivity contribution in [2.24, 2.45) is 0 Å². The molecule has 2 heteroatoms. The Morgan fingerprint density at radius 2 is 2.50 bits per heavy atom. The van der Waals surface area contributed by atoms with Crippen molar-refractivity contribution < 1.29 is 9.84 Å². The molecule has 1 aliphatic rings. The number of hydrogen-bond donors (Lipinski definition) is 1. The molecule has 1 N–H and O–H groups in total. The van der Waals surface area contributed by atoms with Gasteiger partial charge in [-0.1, -0.05) is 13.0 Å². The van der Waals surface area contributed by atoms with Gasteiger partial charge in [0.1, 0.15) is 0 Å². The van der Waals surface area contributed by atoms with E-state index in [9.17, 15) is 5.11 Å². The summed E-state index contributed by atoms with van der Waals surface area (Å²) in [5.41, 5.74) is 1.27. The highest BCUT2D eigenvalue weighted by Gasteiger charge is 2.09. The molecule has 0 aromatic heterocycles. The lowest BCUT2D eigenvalue weighted by Crippen LogP contribution is -2.12. The maximum Gasteiger partial charge on any atom is 0.0724 e. The van der Waals surface area contributed by atoms with Crippen molar-refractivity contribution in [3.8, 4) is 0 Å². The van der Waals surface area contributed by atoms with Crippen molar-refractivity contribution in [1.82, 2.24) is 0 Å². The third-order valence-electron chi connectivity index (χ3n) is 2.06. The minimum absolute atomic E-state index is 0.223. The molecule has 0 radical (unpaired) electrons. The molecule has 70 valence electrons. The van der Waals surface area contributed by atoms with Crippen LogP contribution in [-0.4, -0.2) is 24.4 Å². The Hall–Kier alpha value is -0.340. The minimum atomic E-state index is -0.223. The van der Waals surface area contributed by atoms with Crippen LogP contribution in [0.5, 0.6) is 0 Å². The number of rotatable bonds is 4. The summed E-state index contributed by atoms with van der Waals surface area (Å²) >= 11 is 0. The van der Waals surface area contributed by atoms with Gasteiger partial charge in [-0.15, -0.1) is 0 Å². The van der Waals surface area contributed by atoms with Crippen LogP contribution in [0.25, 0.3) is 0 Å². The average Bonchev–Trinajstić information content (AvgIpc) is 2.05. The van der Waals surface area contributed by atoms with E-state index in [1.165, 1.54) is 5.57 Å². The van der Waals surface area contributed by atoms with Crippen LogP contribution in [0.1, 0.15) is 32.6 Å². The van der Waals surface area contributed by atoms with Gasteiger partial charge in [0.05, 0.1) is 12.7 Å². The first-order chi connectivity index (χ1) is 5.83. The second-order valence-corrected chi connectivity index (χ2v) is 3.34. The van der Waals surface area contributed by atoms with Gasteiger partial charge in [0.25, 0.3) is 0 Å². The van der Waals surface area contributed by atoms with Gasteiger partial charge < -0.3 is 9.84 Å². The predicted molar refractivity (Wildman–Crippen MR) is 49.1 cm³/mol. The van der Waals surface area contributed by atoms with Gasteiger partial charge in [0, 0.05) is 6.61 Å². The van der Waals surface area contributed by atoms with E-state index in [1.54, 1.807) is 0 Å². The van der Waals surface area contributed by atoms with Crippen LogP contribution >= 0.6 is 0 Å². The standard InChI is InChI=1S/C10H18O2/c1-2-6-12-8-9-4-3-5-10(11)7-9/h7,10-11H,2-6,8H2,1H3. The fourth-order valence-electron chi connectivity index (χ4n) is 1.44. The molecular formula is C10H18O2. The second kappa shape index (κ2) is 5.33.